The number of carbonyl (C=O) groups is 2. The molecule has 0 saturated heterocycles. The van der Waals surface area contributed by atoms with Gasteiger partial charge in [-0.2, -0.15) is 0 Å². The summed E-state index contributed by atoms with van der Waals surface area (Å²) in [5.41, 5.74) is 0.174. The number of hydrogen-bond donors (Lipinski definition) is 1. The zero-order valence-electron chi connectivity index (χ0n) is 12.1. The quantitative estimate of drug-likeness (QED) is 0.944. The third-order valence-corrected chi connectivity index (χ3v) is 3.85. The Bertz CT molecular complexity index is 744. The molecule has 0 atom stereocenters. The average molecular weight is 325 g/mol. The van der Waals surface area contributed by atoms with Gasteiger partial charge in [0.1, 0.15) is 16.5 Å². The van der Waals surface area contributed by atoms with Crippen LogP contribution in [0, 0.1) is 18.6 Å². The van der Waals surface area contributed by atoms with E-state index in [-0.39, 0.29) is 16.6 Å². The number of amides is 2. The molecule has 116 valence electrons. The lowest BCUT2D eigenvalue weighted by molar-refractivity contribution is 0.0831. The Kier molecular flexibility index (Phi) is 4.51. The summed E-state index contributed by atoms with van der Waals surface area (Å²) in [6, 6.07) is 2.67. The van der Waals surface area contributed by atoms with Crippen molar-refractivity contribution in [1.29, 1.82) is 0 Å². The maximum absolute atomic E-state index is 13.5. The highest BCUT2D eigenvalue weighted by atomic mass is 32.1. The highest BCUT2D eigenvalue weighted by Gasteiger charge is 2.19. The van der Waals surface area contributed by atoms with Crippen molar-refractivity contribution in [3.05, 3.63) is 46.0 Å². The number of anilines is 1. The molecule has 5 nitrogen and oxygen atoms in total. The minimum atomic E-state index is -0.963. The summed E-state index contributed by atoms with van der Waals surface area (Å²) in [4.78, 5) is 29.7. The topological polar surface area (TPSA) is 62.3 Å². The Balaban J connectivity index is 2.22. The number of nitrogens with one attached hydrogen (secondary N) is 1. The molecule has 0 radical (unpaired) electrons. The van der Waals surface area contributed by atoms with Gasteiger partial charge in [-0.1, -0.05) is 11.3 Å². The SMILES string of the molecule is Cc1nc(NC(=O)c2ccc(F)cc2F)sc1C(=O)N(C)C. The van der Waals surface area contributed by atoms with Crippen molar-refractivity contribution in [2.75, 3.05) is 19.4 Å². The fraction of sp³-hybridized carbons (Fsp3) is 0.214. The van der Waals surface area contributed by atoms with Crippen molar-refractivity contribution in [2.24, 2.45) is 0 Å². The Morgan fingerprint density at radius 3 is 2.55 bits per heavy atom. The molecule has 1 aromatic carbocycles. The fourth-order valence-corrected chi connectivity index (χ4v) is 2.67. The second-order valence-electron chi connectivity index (χ2n) is 4.71. The smallest absolute Gasteiger partial charge is 0.265 e. The van der Waals surface area contributed by atoms with Crippen LogP contribution in [0.3, 0.4) is 0 Å². The van der Waals surface area contributed by atoms with E-state index in [1.807, 2.05) is 0 Å². The largest absolute Gasteiger partial charge is 0.344 e. The van der Waals surface area contributed by atoms with Gasteiger partial charge in [-0.3, -0.25) is 14.9 Å². The molecule has 8 heteroatoms. The lowest BCUT2D eigenvalue weighted by Gasteiger charge is -2.07. The molecule has 0 aliphatic carbocycles. The van der Waals surface area contributed by atoms with E-state index < -0.39 is 17.5 Å². The Labute approximate surface area is 129 Å². The molecule has 2 amide bonds. The van der Waals surface area contributed by atoms with Crippen LogP contribution in [0.2, 0.25) is 0 Å². The molecule has 1 aromatic heterocycles. The normalized spacial score (nSPS) is 10.4. The van der Waals surface area contributed by atoms with Crippen molar-refractivity contribution >= 4 is 28.3 Å². The zero-order chi connectivity index (χ0) is 16.4. The van der Waals surface area contributed by atoms with E-state index in [4.69, 9.17) is 0 Å². The van der Waals surface area contributed by atoms with Gasteiger partial charge in [0.15, 0.2) is 5.13 Å². The summed E-state index contributed by atoms with van der Waals surface area (Å²) in [5.74, 6) is -2.72. The Hall–Kier alpha value is -2.35. The van der Waals surface area contributed by atoms with Crippen molar-refractivity contribution in [1.82, 2.24) is 9.88 Å². The molecular weight excluding hydrogens is 312 g/mol. The average Bonchev–Trinajstić information content (AvgIpc) is 2.78. The molecule has 1 N–H and O–H groups in total. The lowest BCUT2D eigenvalue weighted by atomic mass is 10.2. The molecule has 0 fully saturated rings. The molecule has 1 heterocycles. The molecular formula is C14H13F2N3O2S. The van der Waals surface area contributed by atoms with E-state index in [2.05, 4.69) is 10.3 Å². The van der Waals surface area contributed by atoms with Crippen LogP contribution in [0.1, 0.15) is 25.7 Å². The highest BCUT2D eigenvalue weighted by molar-refractivity contribution is 7.17. The second-order valence-corrected chi connectivity index (χ2v) is 5.71. The minimum absolute atomic E-state index is 0.177. The third-order valence-electron chi connectivity index (χ3n) is 2.79. The van der Waals surface area contributed by atoms with E-state index >= 15 is 0 Å². The Morgan fingerprint density at radius 2 is 1.95 bits per heavy atom. The lowest BCUT2D eigenvalue weighted by Crippen LogP contribution is -2.21. The molecule has 0 aliphatic rings. The highest BCUT2D eigenvalue weighted by Crippen LogP contribution is 2.24. The maximum Gasteiger partial charge on any atom is 0.265 e. The first-order valence-electron chi connectivity index (χ1n) is 6.25. The summed E-state index contributed by atoms with van der Waals surface area (Å²) < 4.78 is 26.4. The number of rotatable bonds is 3. The zero-order valence-corrected chi connectivity index (χ0v) is 12.9. The van der Waals surface area contributed by atoms with E-state index in [1.165, 1.54) is 4.90 Å². The molecule has 22 heavy (non-hydrogen) atoms. The van der Waals surface area contributed by atoms with Gasteiger partial charge < -0.3 is 4.90 Å². The maximum atomic E-state index is 13.5. The number of carbonyl (C=O) groups excluding carboxylic acids is 2. The molecule has 2 rings (SSSR count). The molecule has 0 aliphatic heterocycles. The molecule has 0 saturated carbocycles. The first kappa shape index (κ1) is 16.0. The van der Waals surface area contributed by atoms with Crippen molar-refractivity contribution in [3.63, 3.8) is 0 Å². The van der Waals surface area contributed by atoms with Gasteiger partial charge in [0.05, 0.1) is 11.3 Å². The number of halogens is 2. The number of thiazole rings is 1. The van der Waals surface area contributed by atoms with Gasteiger partial charge in [0, 0.05) is 20.2 Å². The van der Waals surface area contributed by atoms with E-state index in [0.29, 0.717) is 16.6 Å². The summed E-state index contributed by atoms with van der Waals surface area (Å²) in [6.07, 6.45) is 0. The molecule has 2 aromatic rings. The summed E-state index contributed by atoms with van der Waals surface area (Å²) in [7, 11) is 3.21. The van der Waals surface area contributed by atoms with Crippen LogP contribution in [0.4, 0.5) is 13.9 Å². The van der Waals surface area contributed by atoms with Gasteiger partial charge in [0.2, 0.25) is 0 Å². The van der Waals surface area contributed by atoms with Crippen molar-refractivity contribution in [3.8, 4) is 0 Å². The predicted molar refractivity (Wildman–Crippen MR) is 79.2 cm³/mol. The molecule has 0 bridgehead atoms. The van der Waals surface area contributed by atoms with Gasteiger partial charge in [-0.05, 0) is 19.1 Å². The number of aromatic nitrogens is 1. The van der Waals surface area contributed by atoms with Crippen molar-refractivity contribution < 1.29 is 18.4 Å². The third kappa shape index (κ3) is 3.28. The summed E-state index contributed by atoms with van der Waals surface area (Å²) in [5, 5.41) is 2.59. The van der Waals surface area contributed by atoms with Crippen LogP contribution in [-0.4, -0.2) is 35.8 Å². The van der Waals surface area contributed by atoms with Gasteiger partial charge in [-0.15, -0.1) is 0 Å². The fourth-order valence-electron chi connectivity index (χ4n) is 1.69. The number of aryl methyl sites for hydroxylation is 1. The number of benzene rings is 1. The summed E-state index contributed by atoms with van der Waals surface area (Å²) >= 11 is 0.997. The molecule has 0 spiro atoms. The van der Waals surface area contributed by atoms with E-state index in [9.17, 15) is 18.4 Å². The number of hydrogen-bond acceptors (Lipinski definition) is 4. The first-order chi connectivity index (χ1) is 10.3. The standard InChI is InChI=1S/C14H13F2N3O2S/c1-7-11(13(21)19(2)3)22-14(17-7)18-12(20)9-5-4-8(15)6-10(9)16/h4-6H,1-3H3,(H,17,18,20). The molecule has 0 unspecified atom stereocenters. The van der Waals surface area contributed by atoms with Crippen LogP contribution in [0.15, 0.2) is 18.2 Å². The van der Waals surface area contributed by atoms with E-state index in [1.54, 1.807) is 21.0 Å². The monoisotopic (exact) mass is 325 g/mol. The Morgan fingerprint density at radius 1 is 1.27 bits per heavy atom. The minimum Gasteiger partial charge on any atom is -0.344 e. The second kappa shape index (κ2) is 6.18. The first-order valence-corrected chi connectivity index (χ1v) is 7.06. The van der Waals surface area contributed by atoms with Crippen LogP contribution in [0.25, 0.3) is 0 Å². The number of nitrogens with zero attached hydrogens (tertiary/aromatic N) is 2. The summed E-state index contributed by atoms with van der Waals surface area (Å²) in [6.45, 7) is 1.64. The van der Waals surface area contributed by atoms with Crippen LogP contribution in [-0.2, 0) is 0 Å². The van der Waals surface area contributed by atoms with Gasteiger partial charge in [-0.25, -0.2) is 13.8 Å². The van der Waals surface area contributed by atoms with Crippen LogP contribution < -0.4 is 5.32 Å². The van der Waals surface area contributed by atoms with Gasteiger partial charge >= 0.3 is 0 Å². The predicted octanol–water partition coefficient (Wildman–Crippen LogP) is 2.68. The van der Waals surface area contributed by atoms with E-state index in [0.717, 1.165) is 23.5 Å². The van der Waals surface area contributed by atoms with Crippen molar-refractivity contribution in [2.45, 2.75) is 6.92 Å². The van der Waals surface area contributed by atoms with Crippen LogP contribution >= 0.6 is 11.3 Å². The van der Waals surface area contributed by atoms with Crippen LogP contribution in [0.5, 0.6) is 0 Å². The van der Waals surface area contributed by atoms with Gasteiger partial charge in [0.25, 0.3) is 11.8 Å².